The van der Waals surface area contributed by atoms with E-state index in [4.69, 9.17) is 9.47 Å². The van der Waals surface area contributed by atoms with Crippen molar-refractivity contribution in [2.45, 2.75) is 57.3 Å². The third-order valence-electron chi connectivity index (χ3n) is 5.69. The van der Waals surface area contributed by atoms with Crippen LogP contribution in [0.3, 0.4) is 0 Å². The minimum Gasteiger partial charge on any atom is -0.491 e. The quantitative estimate of drug-likeness (QED) is 0.225. The van der Waals surface area contributed by atoms with Crippen LogP contribution in [0.2, 0.25) is 0 Å². The number of hydrogen-bond donors (Lipinski definition) is 1. The Labute approximate surface area is 211 Å². The molecule has 0 saturated carbocycles. The second-order valence-corrected chi connectivity index (χ2v) is 10.1. The summed E-state index contributed by atoms with van der Waals surface area (Å²) in [7, 11) is -3.96. The molecule has 9 nitrogen and oxygen atoms in total. The van der Waals surface area contributed by atoms with Crippen molar-refractivity contribution in [3.63, 3.8) is 0 Å². The first-order valence-electron chi connectivity index (χ1n) is 12.2. The summed E-state index contributed by atoms with van der Waals surface area (Å²) in [6.45, 7) is 4.44. The molecule has 0 atom stereocenters. The molecular weight excluding hydrogens is 484 g/mol. The number of rotatable bonds is 14. The predicted octanol–water partition coefficient (Wildman–Crippen LogP) is 4.39. The lowest BCUT2D eigenvalue weighted by Crippen LogP contribution is -2.31. The molecule has 36 heavy (non-hydrogen) atoms. The fourth-order valence-electron chi connectivity index (χ4n) is 3.85. The van der Waals surface area contributed by atoms with Crippen LogP contribution in [-0.2, 0) is 19.6 Å². The molecule has 0 spiro atoms. The minimum absolute atomic E-state index is 0.0451. The summed E-state index contributed by atoms with van der Waals surface area (Å²) in [4.78, 5) is 38.7. The van der Waals surface area contributed by atoms with Crippen molar-refractivity contribution in [3.8, 4) is 5.75 Å². The van der Waals surface area contributed by atoms with Crippen LogP contribution >= 0.6 is 0 Å². The first-order valence-corrected chi connectivity index (χ1v) is 13.7. The molecule has 1 heterocycles. The Kier molecular flexibility index (Phi) is 9.46. The molecule has 0 radical (unpaired) electrons. The number of esters is 1. The first-order chi connectivity index (χ1) is 17.3. The van der Waals surface area contributed by atoms with Gasteiger partial charge in [0.15, 0.2) is 0 Å². The third-order valence-corrected chi connectivity index (χ3v) is 7.07. The minimum atomic E-state index is -3.96. The van der Waals surface area contributed by atoms with Crippen molar-refractivity contribution < 1.29 is 32.3 Å². The van der Waals surface area contributed by atoms with Gasteiger partial charge < -0.3 is 9.47 Å². The summed E-state index contributed by atoms with van der Waals surface area (Å²) >= 11 is 0. The van der Waals surface area contributed by atoms with Gasteiger partial charge in [-0.25, -0.2) is 8.42 Å². The normalized spacial score (nSPS) is 13.0. The smallest absolute Gasteiger partial charge is 0.305 e. The largest absolute Gasteiger partial charge is 0.491 e. The van der Waals surface area contributed by atoms with Gasteiger partial charge in [-0.15, -0.1) is 0 Å². The maximum absolute atomic E-state index is 13.0. The van der Waals surface area contributed by atoms with Gasteiger partial charge in [-0.2, -0.15) is 0 Å². The van der Waals surface area contributed by atoms with Crippen LogP contribution in [0.15, 0.2) is 47.4 Å². The number of nitrogens with one attached hydrogen (secondary N) is 1. The Hall–Kier alpha value is -3.40. The first kappa shape index (κ1) is 27.2. The molecule has 0 aliphatic carbocycles. The van der Waals surface area contributed by atoms with E-state index in [0.29, 0.717) is 6.61 Å². The van der Waals surface area contributed by atoms with E-state index in [1.54, 1.807) is 25.1 Å². The van der Waals surface area contributed by atoms with E-state index < -0.39 is 27.8 Å². The lowest BCUT2D eigenvalue weighted by Gasteiger charge is -2.15. The fraction of sp³-hybridized carbons (Fsp3) is 0.423. The van der Waals surface area contributed by atoms with E-state index in [0.717, 1.165) is 30.6 Å². The maximum Gasteiger partial charge on any atom is 0.305 e. The van der Waals surface area contributed by atoms with Crippen molar-refractivity contribution in [3.05, 3.63) is 53.6 Å². The second-order valence-electron chi connectivity index (χ2n) is 8.39. The highest BCUT2D eigenvalue weighted by molar-refractivity contribution is 7.92. The Morgan fingerprint density at radius 1 is 0.944 bits per heavy atom. The van der Waals surface area contributed by atoms with E-state index in [1.165, 1.54) is 24.3 Å². The highest BCUT2D eigenvalue weighted by atomic mass is 32.2. The standard InChI is InChI=1S/C26H32N2O7S/c1-3-5-6-10-16-35-23-18-21-20(17-22(23)27-36(32,33)19-12-8-7-9-13-19)25(30)28(26(21)31)15-11-14-24(29)34-4-2/h7-9,12-13,17-18,27H,3-6,10-11,14-16H2,1-2H3. The molecule has 0 unspecified atom stereocenters. The number of hydrogen-bond acceptors (Lipinski definition) is 7. The van der Waals surface area contributed by atoms with Gasteiger partial charge in [-0.05, 0) is 44.0 Å². The summed E-state index contributed by atoms with van der Waals surface area (Å²) in [6, 6.07) is 10.6. The highest BCUT2D eigenvalue weighted by Gasteiger charge is 2.37. The zero-order valence-electron chi connectivity index (χ0n) is 20.6. The molecule has 0 aromatic heterocycles. The summed E-state index contributed by atoms with van der Waals surface area (Å²) in [6.07, 6.45) is 4.17. The molecule has 194 valence electrons. The molecule has 1 aliphatic heterocycles. The van der Waals surface area contributed by atoms with E-state index in [1.807, 2.05) is 0 Å². The molecule has 10 heteroatoms. The number of nitrogens with zero attached hydrogens (tertiary/aromatic N) is 1. The summed E-state index contributed by atoms with van der Waals surface area (Å²) in [5.74, 6) is -1.27. The molecule has 0 saturated heterocycles. The Morgan fingerprint density at radius 2 is 1.64 bits per heavy atom. The monoisotopic (exact) mass is 516 g/mol. The van der Waals surface area contributed by atoms with Crippen molar-refractivity contribution in [2.24, 2.45) is 0 Å². The number of imide groups is 1. The average Bonchev–Trinajstić information content (AvgIpc) is 3.08. The number of benzene rings is 2. The number of unbranched alkanes of at least 4 members (excludes halogenated alkanes) is 3. The number of fused-ring (bicyclic) bond motifs is 1. The van der Waals surface area contributed by atoms with Gasteiger partial charge in [0.2, 0.25) is 0 Å². The molecular formula is C26H32N2O7S. The van der Waals surface area contributed by atoms with Gasteiger partial charge >= 0.3 is 5.97 Å². The number of carbonyl (C=O) groups is 3. The van der Waals surface area contributed by atoms with Gasteiger partial charge in [0.25, 0.3) is 21.8 Å². The van der Waals surface area contributed by atoms with Crippen molar-refractivity contribution >= 4 is 33.5 Å². The number of sulfonamides is 1. The summed E-state index contributed by atoms with van der Waals surface area (Å²) < 4.78 is 39.2. The molecule has 3 rings (SSSR count). The van der Waals surface area contributed by atoms with Crippen LogP contribution in [0.25, 0.3) is 0 Å². The average molecular weight is 517 g/mol. The number of ether oxygens (including phenoxy) is 2. The zero-order chi connectivity index (χ0) is 26.1. The van der Waals surface area contributed by atoms with Gasteiger partial charge in [0.05, 0.1) is 34.9 Å². The molecule has 0 fully saturated rings. The van der Waals surface area contributed by atoms with Crippen molar-refractivity contribution in [2.75, 3.05) is 24.5 Å². The Morgan fingerprint density at radius 3 is 2.31 bits per heavy atom. The fourth-order valence-corrected chi connectivity index (χ4v) is 4.93. The molecule has 2 aromatic carbocycles. The van der Waals surface area contributed by atoms with E-state index >= 15 is 0 Å². The lowest BCUT2D eigenvalue weighted by atomic mass is 10.1. The van der Waals surface area contributed by atoms with E-state index in [2.05, 4.69) is 11.6 Å². The Bertz CT molecular complexity index is 1200. The van der Waals surface area contributed by atoms with Gasteiger partial charge in [-0.1, -0.05) is 44.4 Å². The lowest BCUT2D eigenvalue weighted by molar-refractivity contribution is -0.143. The zero-order valence-corrected chi connectivity index (χ0v) is 21.4. The molecule has 2 aromatic rings. The molecule has 2 amide bonds. The number of amides is 2. The number of carbonyl (C=O) groups excluding carboxylic acids is 3. The van der Waals surface area contributed by atoms with E-state index in [-0.39, 0.29) is 53.5 Å². The van der Waals surface area contributed by atoms with Crippen LogP contribution in [0.1, 0.15) is 73.1 Å². The van der Waals surface area contributed by atoms with Crippen LogP contribution in [-0.4, -0.2) is 50.9 Å². The molecule has 1 N–H and O–H groups in total. The van der Waals surface area contributed by atoms with Gasteiger partial charge in [0.1, 0.15) is 5.75 Å². The van der Waals surface area contributed by atoms with Crippen molar-refractivity contribution in [1.29, 1.82) is 0 Å². The van der Waals surface area contributed by atoms with Crippen LogP contribution in [0, 0.1) is 0 Å². The van der Waals surface area contributed by atoms with Gasteiger partial charge in [0, 0.05) is 13.0 Å². The van der Waals surface area contributed by atoms with Crippen LogP contribution < -0.4 is 9.46 Å². The second kappa shape index (κ2) is 12.5. The predicted molar refractivity (Wildman–Crippen MR) is 135 cm³/mol. The summed E-state index contributed by atoms with van der Waals surface area (Å²) in [5.41, 5.74) is 0.310. The van der Waals surface area contributed by atoms with Crippen LogP contribution in [0.4, 0.5) is 5.69 Å². The maximum atomic E-state index is 13.0. The number of anilines is 1. The molecule has 1 aliphatic rings. The SMILES string of the molecule is CCCCCCOc1cc2c(cc1NS(=O)(=O)c1ccccc1)C(=O)N(CCCC(=O)OCC)C2=O. The van der Waals surface area contributed by atoms with E-state index in [9.17, 15) is 22.8 Å². The van der Waals surface area contributed by atoms with Gasteiger partial charge in [-0.3, -0.25) is 24.0 Å². The van der Waals surface area contributed by atoms with Crippen LogP contribution in [0.5, 0.6) is 5.75 Å². The Balaban J connectivity index is 1.85. The summed E-state index contributed by atoms with van der Waals surface area (Å²) in [5, 5.41) is 0. The molecule has 0 bridgehead atoms. The third kappa shape index (κ3) is 6.63. The highest BCUT2D eigenvalue weighted by Crippen LogP contribution is 2.35. The topological polar surface area (TPSA) is 119 Å². The van der Waals surface area contributed by atoms with Crippen molar-refractivity contribution in [1.82, 2.24) is 4.90 Å².